The summed E-state index contributed by atoms with van der Waals surface area (Å²) in [6, 6.07) is 1.79. The van der Waals surface area contributed by atoms with Crippen LogP contribution in [0.3, 0.4) is 0 Å². The number of aromatic nitrogens is 4. The quantitative estimate of drug-likeness (QED) is 0.834. The summed E-state index contributed by atoms with van der Waals surface area (Å²) in [6.45, 7) is 2.99. The smallest absolute Gasteiger partial charge is 0.242 e. The molecule has 8 heteroatoms. The number of piperazine rings is 1. The molecule has 110 valence electrons. The number of carbonyl (C=O) groups is 1. The van der Waals surface area contributed by atoms with Crippen molar-refractivity contribution in [1.82, 2.24) is 24.4 Å². The summed E-state index contributed by atoms with van der Waals surface area (Å²) < 4.78 is 1.64. The maximum atomic E-state index is 12.2. The van der Waals surface area contributed by atoms with Gasteiger partial charge in [-0.05, 0) is 17.7 Å². The highest BCUT2D eigenvalue weighted by atomic mass is 35.5. The van der Waals surface area contributed by atoms with Gasteiger partial charge in [0.15, 0.2) is 0 Å². The summed E-state index contributed by atoms with van der Waals surface area (Å²) in [7, 11) is 0. The molecule has 1 fully saturated rings. The Bertz CT molecular complexity index is 608. The van der Waals surface area contributed by atoms with E-state index < -0.39 is 0 Å². The summed E-state index contributed by atoms with van der Waals surface area (Å²) in [4.78, 5) is 28.5. The van der Waals surface area contributed by atoms with Crippen LogP contribution < -0.4 is 4.90 Å². The van der Waals surface area contributed by atoms with Gasteiger partial charge in [-0.15, -0.1) is 0 Å². The molecule has 1 saturated heterocycles. The van der Waals surface area contributed by atoms with E-state index in [1.165, 1.54) is 0 Å². The Balaban J connectivity index is 1.56. The van der Waals surface area contributed by atoms with Crippen molar-refractivity contribution in [2.45, 2.75) is 6.54 Å². The number of rotatable bonds is 3. The van der Waals surface area contributed by atoms with Gasteiger partial charge in [-0.2, -0.15) is 0 Å². The molecule has 0 atom stereocenters. The second kappa shape index (κ2) is 6.09. The first-order valence-electron chi connectivity index (χ1n) is 6.70. The summed E-state index contributed by atoms with van der Waals surface area (Å²) >= 11 is 5.88. The highest BCUT2D eigenvalue weighted by molar-refractivity contribution is 6.28. The van der Waals surface area contributed by atoms with Crippen LogP contribution in [0.2, 0.25) is 5.28 Å². The van der Waals surface area contributed by atoms with Crippen LogP contribution in [0.25, 0.3) is 0 Å². The molecule has 3 heterocycles. The number of imidazole rings is 1. The summed E-state index contributed by atoms with van der Waals surface area (Å²) in [5.74, 6) is 0.755. The van der Waals surface area contributed by atoms with Gasteiger partial charge in [0.05, 0.1) is 0 Å². The van der Waals surface area contributed by atoms with Gasteiger partial charge in [-0.1, -0.05) is 0 Å². The SMILES string of the molecule is O=C(Cn1ccnc1Cl)N1CCN(c2ncccn2)CC1. The minimum Gasteiger partial charge on any atom is -0.338 e. The van der Waals surface area contributed by atoms with Gasteiger partial charge in [-0.25, -0.2) is 15.0 Å². The average molecular weight is 307 g/mol. The first kappa shape index (κ1) is 13.8. The first-order valence-corrected chi connectivity index (χ1v) is 7.08. The van der Waals surface area contributed by atoms with Crippen LogP contribution in [0, 0.1) is 0 Å². The van der Waals surface area contributed by atoms with E-state index in [2.05, 4.69) is 19.9 Å². The number of amides is 1. The van der Waals surface area contributed by atoms with Crippen molar-refractivity contribution in [1.29, 1.82) is 0 Å². The molecule has 0 aliphatic carbocycles. The molecular weight excluding hydrogens is 292 g/mol. The Morgan fingerprint density at radius 2 is 1.81 bits per heavy atom. The van der Waals surface area contributed by atoms with Gasteiger partial charge in [0.25, 0.3) is 0 Å². The van der Waals surface area contributed by atoms with Crippen molar-refractivity contribution in [3.05, 3.63) is 36.1 Å². The first-order chi connectivity index (χ1) is 10.2. The summed E-state index contributed by atoms with van der Waals surface area (Å²) in [5, 5.41) is 0.333. The molecule has 0 bridgehead atoms. The molecule has 0 saturated carbocycles. The zero-order valence-corrected chi connectivity index (χ0v) is 12.1. The lowest BCUT2D eigenvalue weighted by atomic mass is 10.3. The normalized spacial score (nSPS) is 15.3. The van der Waals surface area contributed by atoms with Crippen LogP contribution in [0.1, 0.15) is 0 Å². The molecule has 0 radical (unpaired) electrons. The van der Waals surface area contributed by atoms with Gasteiger partial charge >= 0.3 is 0 Å². The lowest BCUT2D eigenvalue weighted by Gasteiger charge is -2.34. The van der Waals surface area contributed by atoms with Crippen LogP contribution >= 0.6 is 11.6 Å². The Hall–Kier alpha value is -2.15. The Kier molecular flexibility index (Phi) is 4.01. The zero-order chi connectivity index (χ0) is 14.7. The van der Waals surface area contributed by atoms with Gasteiger partial charge in [0, 0.05) is 51.0 Å². The predicted octanol–water partition coefficient (Wildman–Crippen LogP) is 0.675. The summed E-state index contributed by atoms with van der Waals surface area (Å²) in [5.41, 5.74) is 0. The maximum Gasteiger partial charge on any atom is 0.242 e. The van der Waals surface area contributed by atoms with Crippen molar-refractivity contribution in [2.75, 3.05) is 31.1 Å². The van der Waals surface area contributed by atoms with Gasteiger partial charge < -0.3 is 14.4 Å². The molecule has 0 unspecified atom stereocenters. The molecule has 3 rings (SSSR count). The van der Waals surface area contributed by atoms with E-state index in [1.54, 1.807) is 35.4 Å². The van der Waals surface area contributed by atoms with E-state index in [0.29, 0.717) is 24.3 Å². The molecule has 0 aromatic carbocycles. The maximum absolute atomic E-state index is 12.2. The molecule has 1 amide bonds. The number of halogens is 1. The van der Waals surface area contributed by atoms with E-state index in [1.807, 2.05) is 4.90 Å². The third-order valence-electron chi connectivity index (χ3n) is 3.44. The van der Waals surface area contributed by atoms with Crippen molar-refractivity contribution >= 4 is 23.5 Å². The number of carbonyl (C=O) groups excluding carboxylic acids is 1. The Labute approximate surface area is 127 Å². The van der Waals surface area contributed by atoms with E-state index in [4.69, 9.17) is 11.6 Å². The van der Waals surface area contributed by atoms with Gasteiger partial charge in [0.2, 0.25) is 17.1 Å². The van der Waals surface area contributed by atoms with Crippen LogP contribution in [-0.2, 0) is 11.3 Å². The Morgan fingerprint density at radius 1 is 1.10 bits per heavy atom. The van der Waals surface area contributed by atoms with Gasteiger partial charge in [-0.3, -0.25) is 4.79 Å². The second-order valence-electron chi connectivity index (χ2n) is 4.74. The summed E-state index contributed by atoms with van der Waals surface area (Å²) in [6.07, 6.45) is 6.73. The van der Waals surface area contributed by atoms with E-state index in [-0.39, 0.29) is 12.5 Å². The molecule has 7 nitrogen and oxygen atoms in total. The van der Waals surface area contributed by atoms with Crippen LogP contribution in [0.15, 0.2) is 30.9 Å². The fraction of sp³-hybridized carbons (Fsp3) is 0.385. The molecule has 2 aromatic rings. The molecular formula is C13H15ClN6O. The lowest BCUT2D eigenvalue weighted by molar-refractivity contribution is -0.132. The largest absolute Gasteiger partial charge is 0.338 e. The minimum atomic E-state index is 0.0449. The Morgan fingerprint density at radius 3 is 2.43 bits per heavy atom. The van der Waals surface area contributed by atoms with Crippen LogP contribution in [-0.4, -0.2) is 56.5 Å². The molecule has 1 aliphatic rings. The van der Waals surface area contributed by atoms with Gasteiger partial charge in [0.1, 0.15) is 6.54 Å². The third-order valence-corrected chi connectivity index (χ3v) is 3.75. The predicted molar refractivity (Wildman–Crippen MR) is 78.1 cm³/mol. The van der Waals surface area contributed by atoms with Crippen LogP contribution in [0.4, 0.5) is 5.95 Å². The van der Waals surface area contributed by atoms with E-state index in [9.17, 15) is 4.79 Å². The van der Waals surface area contributed by atoms with Crippen LogP contribution in [0.5, 0.6) is 0 Å². The van der Waals surface area contributed by atoms with Crippen molar-refractivity contribution in [3.8, 4) is 0 Å². The standard InChI is InChI=1S/C13H15ClN6O/c14-12-15-4-5-20(12)10-11(21)18-6-8-19(9-7-18)13-16-2-1-3-17-13/h1-5H,6-10H2. The number of anilines is 1. The number of nitrogens with zero attached hydrogens (tertiary/aromatic N) is 6. The van der Waals surface area contributed by atoms with E-state index >= 15 is 0 Å². The molecule has 2 aromatic heterocycles. The van der Waals surface area contributed by atoms with Crippen molar-refractivity contribution < 1.29 is 4.79 Å². The molecule has 21 heavy (non-hydrogen) atoms. The number of hydrogen-bond donors (Lipinski definition) is 0. The monoisotopic (exact) mass is 306 g/mol. The zero-order valence-electron chi connectivity index (χ0n) is 11.4. The average Bonchev–Trinajstić information content (AvgIpc) is 2.93. The lowest BCUT2D eigenvalue weighted by Crippen LogP contribution is -2.50. The minimum absolute atomic E-state index is 0.0449. The molecule has 0 N–H and O–H groups in total. The highest BCUT2D eigenvalue weighted by Gasteiger charge is 2.22. The van der Waals surface area contributed by atoms with Crippen molar-refractivity contribution in [3.63, 3.8) is 0 Å². The van der Waals surface area contributed by atoms with E-state index in [0.717, 1.165) is 13.1 Å². The fourth-order valence-electron chi connectivity index (χ4n) is 2.29. The molecule has 0 spiro atoms. The highest BCUT2D eigenvalue weighted by Crippen LogP contribution is 2.11. The molecule has 1 aliphatic heterocycles. The van der Waals surface area contributed by atoms with Crippen molar-refractivity contribution in [2.24, 2.45) is 0 Å². The number of hydrogen-bond acceptors (Lipinski definition) is 5. The third kappa shape index (κ3) is 3.13. The second-order valence-corrected chi connectivity index (χ2v) is 5.08. The topological polar surface area (TPSA) is 67.2 Å². The fourth-order valence-corrected chi connectivity index (χ4v) is 2.46.